The zero-order valence-electron chi connectivity index (χ0n) is 42.8. The number of fused-ring (bicyclic) bond motifs is 2. The van der Waals surface area contributed by atoms with Gasteiger partial charge in [0.2, 0.25) is 17.7 Å². The second kappa shape index (κ2) is 23.7. The van der Waals surface area contributed by atoms with Crippen molar-refractivity contribution in [3.63, 3.8) is 0 Å². The Labute approximate surface area is 458 Å². The lowest BCUT2D eigenvalue weighted by Crippen LogP contribution is -2.45. The molecule has 3 fully saturated rings. The molecule has 41 heteroatoms. The summed E-state index contributed by atoms with van der Waals surface area (Å²) in [7, 11) is -19.7. The Kier molecular flexibility index (Phi) is 17.5. The first kappa shape index (κ1) is 60.7. The van der Waals surface area contributed by atoms with Gasteiger partial charge in [0.25, 0.3) is 17.1 Å². The Bertz CT molecular complexity index is 3730. The third-order valence-corrected chi connectivity index (χ3v) is 19.5. The van der Waals surface area contributed by atoms with Crippen LogP contribution in [0.4, 0.5) is 11.8 Å². The van der Waals surface area contributed by atoms with E-state index in [4.69, 9.17) is 44.0 Å². The number of methoxy groups -OCH3 is 1. The number of nitrogens with zero attached hydrogens (tertiary/aromatic N) is 9. The number of amides is 1. The molecule has 0 aliphatic carbocycles. The van der Waals surface area contributed by atoms with E-state index in [1.54, 1.807) is 30.3 Å². The van der Waals surface area contributed by atoms with Crippen molar-refractivity contribution in [1.29, 1.82) is 0 Å². The number of anilines is 2. The number of phosphoric acid groups is 3. The summed E-state index contributed by atoms with van der Waals surface area (Å²) in [6.45, 7) is -3.30. The molecule has 9 rings (SSSR count). The smallest absolute Gasteiger partial charge is 0.387 e. The van der Waals surface area contributed by atoms with Crippen molar-refractivity contribution in [2.75, 3.05) is 52.5 Å². The fourth-order valence-electron chi connectivity index (χ4n) is 9.52. The highest BCUT2D eigenvalue weighted by atomic mass is 31.3. The molecule has 82 heavy (non-hydrogen) atoms. The van der Waals surface area contributed by atoms with Gasteiger partial charge in [-0.2, -0.15) is 8.62 Å². The molecule has 0 radical (unpaired) electrons. The van der Waals surface area contributed by atoms with E-state index in [9.17, 15) is 72.3 Å². The first-order valence-electron chi connectivity index (χ1n) is 24.1. The largest absolute Gasteiger partial charge is 0.490 e. The molecular formula is C41H54N13O24P4+. The number of H-pyrrole nitrogens is 2. The molecule has 1 amide bonds. The van der Waals surface area contributed by atoms with E-state index in [2.05, 4.69) is 33.5 Å². The molecule has 446 valence electrons. The lowest BCUT2D eigenvalue weighted by atomic mass is 9.94. The summed E-state index contributed by atoms with van der Waals surface area (Å²) in [6, 6.07) is 9.80. The SMILES string of the molecule is CO[C@@H]1[C@H](P(=O)(O)OC[C@H]2O[C@@H](n3ccc(=O)[nH]c3=O)[C@H](O)[C@@H]2O)[C@@H](COP(=O)(O)OP(=O)(O)OP(=O)(O)OC[C@H]2OC([n+]3cn(Cc4ccccc4)c4c(=O)[nH]c(N)nc43)[C@H](O)[C@@H]2CC(=O)N(C)C)O[C@H]1n1cnc2c(N)ncnc21. The van der Waals surface area contributed by atoms with E-state index in [1.165, 1.54) is 39.0 Å². The van der Waals surface area contributed by atoms with Crippen LogP contribution in [0.2, 0.25) is 0 Å². The van der Waals surface area contributed by atoms with E-state index in [0.29, 0.717) is 0 Å². The number of carbonyl (C=O) groups excluding carboxylic acids is 1. The summed E-state index contributed by atoms with van der Waals surface area (Å²) in [5.41, 5.74) is 8.02. The Morgan fingerprint density at radius 2 is 1.45 bits per heavy atom. The van der Waals surface area contributed by atoms with Gasteiger partial charge in [0.1, 0.15) is 54.1 Å². The summed E-state index contributed by atoms with van der Waals surface area (Å²) >= 11 is 0. The second-order valence-electron chi connectivity index (χ2n) is 18.9. The minimum atomic E-state index is -6.28. The summed E-state index contributed by atoms with van der Waals surface area (Å²) in [5, 5.41) is 33.3. The van der Waals surface area contributed by atoms with Gasteiger partial charge in [0, 0.05) is 45.8 Å². The maximum Gasteiger partial charge on any atom is 0.490 e. The van der Waals surface area contributed by atoms with Gasteiger partial charge in [0.05, 0.1) is 38.8 Å². The van der Waals surface area contributed by atoms with E-state index < -0.39 is 153 Å². The van der Waals surface area contributed by atoms with Crippen LogP contribution in [0, 0.1) is 5.92 Å². The van der Waals surface area contributed by atoms with Crippen LogP contribution in [0.3, 0.4) is 0 Å². The molecule has 1 aromatic carbocycles. The van der Waals surface area contributed by atoms with E-state index in [-0.39, 0.29) is 40.6 Å². The van der Waals surface area contributed by atoms with Crippen molar-refractivity contribution >= 4 is 71.1 Å². The van der Waals surface area contributed by atoms with Crippen LogP contribution in [-0.4, -0.2) is 179 Å². The average molecular weight is 1240 g/mol. The van der Waals surface area contributed by atoms with Gasteiger partial charge in [-0.1, -0.05) is 35.3 Å². The fourth-order valence-corrected chi connectivity index (χ4v) is 14.8. The topological polar surface area (TPSA) is 518 Å². The van der Waals surface area contributed by atoms with Crippen LogP contribution in [0.25, 0.3) is 22.3 Å². The molecule has 0 bridgehead atoms. The molecular weight excluding hydrogens is 1180 g/mol. The number of nitrogen functional groups attached to an aromatic ring is 2. The Morgan fingerprint density at radius 3 is 2.11 bits per heavy atom. The van der Waals surface area contributed by atoms with Crippen LogP contribution < -0.4 is 32.8 Å². The van der Waals surface area contributed by atoms with Crippen molar-refractivity contribution < 1.29 is 104 Å². The van der Waals surface area contributed by atoms with E-state index >= 15 is 0 Å². The summed E-state index contributed by atoms with van der Waals surface area (Å²) in [5.74, 6) is -2.25. The van der Waals surface area contributed by atoms with Gasteiger partial charge in [-0.05, 0) is 5.56 Å². The van der Waals surface area contributed by atoms with Gasteiger partial charge >= 0.3 is 42.4 Å². The van der Waals surface area contributed by atoms with Crippen LogP contribution >= 0.6 is 31.1 Å². The van der Waals surface area contributed by atoms with Crippen LogP contribution in [-0.2, 0) is 70.7 Å². The number of rotatable bonds is 22. The molecule has 0 saturated carbocycles. The number of aromatic nitrogens is 10. The van der Waals surface area contributed by atoms with Gasteiger partial charge < -0.3 is 74.7 Å². The minimum absolute atomic E-state index is 0.00659. The van der Waals surface area contributed by atoms with Crippen molar-refractivity contribution in [1.82, 2.24) is 48.5 Å². The monoisotopic (exact) mass is 1240 g/mol. The third kappa shape index (κ3) is 12.8. The average Bonchev–Trinajstić information content (AvgIpc) is 2.94. The van der Waals surface area contributed by atoms with Gasteiger partial charge in [-0.3, -0.25) is 51.7 Å². The molecule has 0 spiro atoms. The summed E-state index contributed by atoms with van der Waals surface area (Å²) in [4.78, 5) is 116. The number of imidazole rings is 2. The maximum atomic E-state index is 14.4. The highest BCUT2D eigenvalue weighted by Crippen LogP contribution is 2.68. The van der Waals surface area contributed by atoms with Gasteiger partial charge in [-0.25, -0.2) is 38.0 Å². The normalized spacial score (nSPS) is 28.7. The van der Waals surface area contributed by atoms with Gasteiger partial charge in [0.15, 0.2) is 30.2 Å². The molecule has 13 N–H and O–H groups in total. The highest BCUT2D eigenvalue weighted by Gasteiger charge is 2.58. The third-order valence-electron chi connectivity index (χ3n) is 13.3. The number of nitrogens with two attached hydrogens (primary N) is 2. The van der Waals surface area contributed by atoms with Gasteiger partial charge in [-0.15, -0.1) is 0 Å². The Hall–Kier alpha value is -5.85. The molecule has 5 unspecified atom stereocenters. The van der Waals surface area contributed by atoms with Crippen LogP contribution in [0.5, 0.6) is 0 Å². The molecule has 5 aromatic heterocycles. The molecule has 37 nitrogen and oxygen atoms in total. The van der Waals surface area contributed by atoms with Crippen molar-refractivity contribution in [3.05, 3.63) is 98.3 Å². The predicted molar refractivity (Wildman–Crippen MR) is 272 cm³/mol. The first-order valence-corrected chi connectivity index (χ1v) is 30.2. The number of aliphatic hydroxyl groups is 3. The number of benzene rings is 1. The molecule has 3 saturated heterocycles. The minimum Gasteiger partial charge on any atom is -0.387 e. The molecule has 3 aliphatic heterocycles. The van der Waals surface area contributed by atoms with Crippen molar-refractivity contribution in [2.45, 2.75) is 80.0 Å². The predicted octanol–water partition coefficient (Wildman–Crippen LogP) is -2.56. The first-order chi connectivity index (χ1) is 38.6. The highest BCUT2D eigenvalue weighted by molar-refractivity contribution is 7.66. The summed E-state index contributed by atoms with van der Waals surface area (Å²) in [6.07, 6.45) is -12.8. The number of carbonyl (C=O) groups is 1. The van der Waals surface area contributed by atoms with E-state index in [1.807, 2.05) is 4.98 Å². The number of aliphatic hydroxyl groups excluding tert-OH is 3. The number of hydrogen-bond acceptors (Lipinski definition) is 26. The second-order valence-corrected chi connectivity index (χ2v) is 25.5. The number of nitrogens with one attached hydrogen (secondary N) is 2. The zero-order chi connectivity index (χ0) is 59.4. The Balaban J connectivity index is 0.900. The number of phosphoric ester groups is 2. The molecule has 3 aliphatic rings. The lowest BCUT2D eigenvalue weighted by molar-refractivity contribution is -0.745. The fraction of sp³-hybridized carbons (Fsp3) is 0.488. The number of ether oxygens (including phenoxy) is 4. The van der Waals surface area contributed by atoms with Crippen LogP contribution in [0.15, 0.2) is 76.0 Å². The van der Waals surface area contributed by atoms with Crippen LogP contribution in [0.1, 0.15) is 30.7 Å². The quantitative estimate of drug-likeness (QED) is 0.0246. The van der Waals surface area contributed by atoms with E-state index in [0.717, 1.165) is 42.2 Å². The zero-order valence-corrected chi connectivity index (χ0v) is 46.4. The van der Waals surface area contributed by atoms with Crippen molar-refractivity contribution in [3.8, 4) is 0 Å². The Morgan fingerprint density at radius 1 is 0.793 bits per heavy atom. The maximum absolute atomic E-state index is 14.4. The molecule has 16 atom stereocenters. The lowest BCUT2D eigenvalue weighted by Gasteiger charge is -2.28. The molecule has 8 heterocycles. The summed E-state index contributed by atoms with van der Waals surface area (Å²) < 4.78 is 106. The molecule has 6 aromatic rings. The standard InChI is InChI=1S/C41H53N13O24P4/c1-50(2)25(56)11-20-21(74-37(28(20)57)54-18-51(12-19-7-5-4-6-8-19)27-35(54)48-40(43)49-36(27)60)13-72-80(64,65)77-82(68,69)78-81(66,67)73-15-23-32(31(70-3)39(76-23)53-17-46-26-33(42)44-16-45-34(26)53)79(62,63)71-14-22-29(58)30(59)38(75-22)52-10-9-24(55)47-41(52)61/h4-10,16-18,20-23,28-32,37-39,57-59H,11-15H2,1-3H3,(H9-,42,43,44,45,47,48,49,55,60,61,62,63,64,65,66,67,68,69)/p+1/t20-,21-,22-,23-,28-,29-,30-,31-,32-,37?,38-,39-/m1/s1. The number of aromatic amines is 2. The van der Waals surface area contributed by atoms with Crippen molar-refractivity contribution in [2.24, 2.45) is 5.92 Å². The number of hydrogen-bond donors (Lipinski definition) is 11.